The summed E-state index contributed by atoms with van der Waals surface area (Å²) in [6, 6.07) is 10.9. The fraction of sp³-hybridized carbons (Fsp3) is 0.261. The van der Waals surface area contributed by atoms with Crippen LogP contribution in [0.2, 0.25) is 0 Å². The van der Waals surface area contributed by atoms with Crippen molar-refractivity contribution in [3.63, 3.8) is 0 Å². The van der Waals surface area contributed by atoms with Gasteiger partial charge >= 0.3 is 5.97 Å². The summed E-state index contributed by atoms with van der Waals surface area (Å²) in [5.74, 6) is -0.265. The van der Waals surface area contributed by atoms with Crippen LogP contribution < -0.4 is 10.3 Å². The van der Waals surface area contributed by atoms with Crippen LogP contribution in [0, 0.1) is 0 Å². The van der Waals surface area contributed by atoms with Crippen LogP contribution in [0.5, 0.6) is 5.75 Å². The minimum absolute atomic E-state index is 0.0647. The summed E-state index contributed by atoms with van der Waals surface area (Å²) >= 11 is 0. The van der Waals surface area contributed by atoms with Gasteiger partial charge in [-0.2, -0.15) is 0 Å². The Morgan fingerprint density at radius 1 is 1.24 bits per heavy atom. The molecule has 3 aromatic rings. The molecule has 0 bridgehead atoms. The lowest BCUT2D eigenvalue weighted by atomic mass is 9.90. The molecule has 0 saturated heterocycles. The Hall–Kier alpha value is -3.41. The van der Waals surface area contributed by atoms with Crippen molar-refractivity contribution >= 4 is 23.3 Å². The van der Waals surface area contributed by atoms with E-state index in [1.807, 2.05) is 38.1 Å². The Morgan fingerprint density at radius 3 is 2.83 bits per heavy atom. The number of aromatic carboxylic acids is 1. The predicted octanol–water partition coefficient (Wildman–Crippen LogP) is 4.06. The lowest BCUT2D eigenvalue weighted by Crippen LogP contribution is -2.25. The minimum atomic E-state index is -1.07. The van der Waals surface area contributed by atoms with E-state index in [1.54, 1.807) is 6.07 Å². The molecule has 0 spiro atoms. The number of carboxylic acid groups (broad SMARTS) is 1. The zero-order valence-electron chi connectivity index (χ0n) is 16.4. The van der Waals surface area contributed by atoms with Crippen molar-refractivity contribution in [2.24, 2.45) is 0 Å². The third kappa shape index (κ3) is 3.78. The number of fused-ring (bicyclic) bond motifs is 2. The summed E-state index contributed by atoms with van der Waals surface area (Å²) in [7, 11) is 0. The number of allylic oxidation sites excluding steroid dienone is 1. The second kappa shape index (κ2) is 7.54. The SMILES string of the molecule is CC(C)Oc1cccc(/C=C2\CCCc3c2nc2ccc(C(=O)O)cn2c3=O)c1. The number of hydrogen-bond acceptors (Lipinski definition) is 4. The highest BCUT2D eigenvalue weighted by molar-refractivity contribution is 5.88. The van der Waals surface area contributed by atoms with Gasteiger partial charge in [-0.25, -0.2) is 9.78 Å². The summed E-state index contributed by atoms with van der Waals surface area (Å²) in [6.07, 6.45) is 5.81. The third-order valence-electron chi connectivity index (χ3n) is 4.91. The highest BCUT2D eigenvalue weighted by atomic mass is 16.5. The number of rotatable bonds is 4. The van der Waals surface area contributed by atoms with Crippen LogP contribution in [0.15, 0.2) is 47.4 Å². The average Bonchev–Trinajstić information content (AvgIpc) is 2.68. The van der Waals surface area contributed by atoms with Crippen molar-refractivity contribution in [3.05, 3.63) is 75.3 Å². The number of nitrogens with zero attached hydrogens (tertiary/aromatic N) is 2. The van der Waals surface area contributed by atoms with Crippen molar-refractivity contribution in [1.29, 1.82) is 0 Å². The summed E-state index contributed by atoms with van der Waals surface area (Å²) < 4.78 is 7.11. The Bertz CT molecular complexity index is 1190. The molecule has 0 radical (unpaired) electrons. The molecular weight excluding hydrogens is 368 g/mol. The topological polar surface area (TPSA) is 80.9 Å². The van der Waals surface area contributed by atoms with Crippen molar-refractivity contribution < 1.29 is 14.6 Å². The van der Waals surface area contributed by atoms with Gasteiger partial charge in [-0.1, -0.05) is 12.1 Å². The molecule has 2 heterocycles. The smallest absolute Gasteiger partial charge is 0.337 e. The van der Waals surface area contributed by atoms with Gasteiger partial charge in [0.25, 0.3) is 5.56 Å². The van der Waals surface area contributed by atoms with Gasteiger partial charge in [0, 0.05) is 11.8 Å². The van der Waals surface area contributed by atoms with E-state index in [4.69, 9.17) is 9.72 Å². The summed E-state index contributed by atoms with van der Waals surface area (Å²) in [6.45, 7) is 3.97. The molecule has 0 amide bonds. The van der Waals surface area contributed by atoms with Gasteiger partial charge < -0.3 is 9.84 Å². The number of hydrogen-bond donors (Lipinski definition) is 1. The predicted molar refractivity (Wildman–Crippen MR) is 111 cm³/mol. The molecule has 1 aromatic carbocycles. The van der Waals surface area contributed by atoms with E-state index >= 15 is 0 Å². The Kier molecular flexibility index (Phi) is 4.92. The molecule has 0 unspecified atom stereocenters. The largest absolute Gasteiger partial charge is 0.491 e. The van der Waals surface area contributed by atoms with E-state index in [0.717, 1.165) is 29.7 Å². The molecule has 1 aliphatic rings. The Morgan fingerprint density at radius 2 is 2.07 bits per heavy atom. The van der Waals surface area contributed by atoms with Gasteiger partial charge in [0.2, 0.25) is 0 Å². The number of ether oxygens (including phenoxy) is 1. The second-order valence-corrected chi connectivity index (χ2v) is 7.46. The van der Waals surface area contributed by atoms with Gasteiger partial charge in [0.05, 0.1) is 17.4 Å². The van der Waals surface area contributed by atoms with Crippen LogP contribution in [-0.4, -0.2) is 26.6 Å². The highest BCUT2D eigenvalue weighted by Gasteiger charge is 2.21. The molecular formula is C23H22N2O4. The van der Waals surface area contributed by atoms with Gasteiger partial charge in [-0.15, -0.1) is 0 Å². The summed E-state index contributed by atoms with van der Waals surface area (Å²) in [5, 5.41) is 9.20. The maximum atomic E-state index is 13.0. The quantitative estimate of drug-likeness (QED) is 0.727. The van der Waals surface area contributed by atoms with Crippen LogP contribution in [0.1, 0.15) is 53.9 Å². The zero-order valence-corrected chi connectivity index (χ0v) is 16.4. The third-order valence-corrected chi connectivity index (χ3v) is 4.91. The van der Waals surface area contributed by atoms with Gasteiger partial charge in [-0.05, 0) is 74.6 Å². The van der Waals surface area contributed by atoms with Crippen LogP contribution in [-0.2, 0) is 6.42 Å². The standard InChI is InChI=1S/C23H22N2O4/c1-14(2)29-18-7-3-5-15(12-18)11-16-6-4-8-19-21(16)24-20-10-9-17(23(27)28)13-25(20)22(19)26/h3,5,7,9-14H,4,6,8H2,1-2H3,(H,27,28)/b16-11+. The molecule has 0 fully saturated rings. The zero-order chi connectivity index (χ0) is 20.5. The van der Waals surface area contributed by atoms with Crippen LogP contribution in [0.4, 0.5) is 0 Å². The number of aromatic nitrogens is 2. The van der Waals surface area contributed by atoms with E-state index in [-0.39, 0.29) is 17.2 Å². The van der Waals surface area contributed by atoms with Crippen LogP contribution in [0.3, 0.4) is 0 Å². The molecule has 1 N–H and O–H groups in total. The fourth-order valence-electron chi connectivity index (χ4n) is 3.66. The van der Waals surface area contributed by atoms with E-state index in [0.29, 0.717) is 23.3 Å². The number of carbonyl (C=O) groups is 1. The maximum absolute atomic E-state index is 13.0. The van der Waals surface area contributed by atoms with E-state index in [1.165, 1.54) is 16.7 Å². The normalized spacial score (nSPS) is 14.9. The molecule has 29 heavy (non-hydrogen) atoms. The summed E-state index contributed by atoms with van der Waals surface area (Å²) in [5.41, 5.74) is 3.66. The number of benzene rings is 1. The van der Waals surface area contributed by atoms with Crippen molar-refractivity contribution in [2.75, 3.05) is 0 Å². The first-order chi connectivity index (χ1) is 13.9. The molecule has 2 aromatic heterocycles. The summed E-state index contributed by atoms with van der Waals surface area (Å²) in [4.78, 5) is 28.9. The number of carboxylic acids is 1. The van der Waals surface area contributed by atoms with Gasteiger partial charge in [0.15, 0.2) is 0 Å². The maximum Gasteiger partial charge on any atom is 0.337 e. The first kappa shape index (κ1) is 18.9. The molecule has 148 valence electrons. The van der Waals surface area contributed by atoms with Crippen LogP contribution in [0.25, 0.3) is 17.3 Å². The van der Waals surface area contributed by atoms with E-state index < -0.39 is 5.97 Å². The lowest BCUT2D eigenvalue weighted by Gasteiger charge is -2.19. The molecule has 1 aliphatic carbocycles. The van der Waals surface area contributed by atoms with E-state index in [9.17, 15) is 14.7 Å². The fourth-order valence-corrected chi connectivity index (χ4v) is 3.66. The average molecular weight is 390 g/mol. The monoisotopic (exact) mass is 390 g/mol. The molecule has 0 saturated carbocycles. The minimum Gasteiger partial charge on any atom is -0.491 e. The molecule has 0 aliphatic heterocycles. The molecule has 4 rings (SSSR count). The van der Waals surface area contributed by atoms with Gasteiger partial charge in [0.1, 0.15) is 11.4 Å². The second-order valence-electron chi connectivity index (χ2n) is 7.46. The molecule has 6 nitrogen and oxygen atoms in total. The van der Waals surface area contributed by atoms with E-state index in [2.05, 4.69) is 6.08 Å². The van der Waals surface area contributed by atoms with Gasteiger partial charge in [-0.3, -0.25) is 9.20 Å². The molecule has 0 atom stereocenters. The van der Waals surface area contributed by atoms with Crippen molar-refractivity contribution in [2.45, 2.75) is 39.2 Å². The first-order valence-electron chi connectivity index (χ1n) is 9.68. The van der Waals surface area contributed by atoms with Crippen LogP contribution >= 0.6 is 0 Å². The lowest BCUT2D eigenvalue weighted by molar-refractivity contribution is 0.0696. The Labute approximate surface area is 168 Å². The number of pyridine rings is 1. The Balaban J connectivity index is 1.81. The highest BCUT2D eigenvalue weighted by Crippen LogP contribution is 2.30. The van der Waals surface area contributed by atoms with Crippen molar-refractivity contribution in [3.8, 4) is 5.75 Å². The first-order valence-corrected chi connectivity index (χ1v) is 9.68. The van der Waals surface area contributed by atoms with Crippen molar-refractivity contribution in [1.82, 2.24) is 9.38 Å². The molecule has 6 heteroatoms.